The lowest BCUT2D eigenvalue weighted by Crippen LogP contribution is -2.72. The largest absolute Gasteiger partial charge is 0.477 e. The zero-order valence-electron chi connectivity index (χ0n) is 14.8. The molecule has 0 spiro atoms. The van der Waals surface area contributed by atoms with E-state index in [1.165, 1.54) is 23.8 Å². The van der Waals surface area contributed by atoms with E-state index in [1.807, 2.05) is 0 Å². The van der Waals surface area contributed by atoms with E-state index in [0.717, 1.165) is 11.3 Å². The van der Waals surface area contributed by atoms with Gasteiger partial charge >= 0.3 is 5.97 Å². The third kappa shape index (κ3) is 3.42. The summed E-state index contributed by atoms with van der Waals surface area (Å²) >= 11 is 8.31. The molecular weight excluding hydrogens is 430 g/mol. The van der Waals surface area contributed by atoms with Gasteiger partial charge in [0.25, 0.3) is 11.8 Å². The fraction of sp³-hybridized carbons (Fsp3) is 0.400. The molecule has 10 nitrogen and oxygen atoms in total. The van der Waals surface area contributed by atoms with E-state index in [-0.39, 0.29) is 26.6 Å². The molecule has 2 aliphatic heterocycles. The van der Waals surface area contributed by atoms with Crippen molar-refractivity contribution < 1.29 is 24.3 Å². The average molecular weight is 446 g/mol. The highest BCUT2D eigenvalue weighted by molar-refractivity contribution is 8.02. The number of carbonyl (C=O) groups excluding carboxylic acids is 2. The quantitative estimate of drug-likeness (QED) is 0.332. The lowest BCUT2D eigenvalue weighted by molar-refractivity contribution is -0.155. The number of rotatable bonds is 6. The van der Waals surface area contributed by atoms with Crippen LogP contribution in [0.1, 0.15) is 18.5 Å². The molecule has 0 aliphatic carbocycles. The SMILES string of the molecule is CO/N=C(\C(=O)N[C@@H]1C(=O)N2C(C(=O)O)=C(SC)CCC12)c1nc(N)sc1Cl. The number of thioether (sulfide) groups is 1. The van der Waals surface area contributed by atoms with Crippen LogP contribution in [0.25, 0.3) is 0 Å². The summed E-state index contributed by atoms with van der Waals surface area (Å²) in [6.45, 7) is 0. The predicted octanol–water partition coefficient (Wildman–Crippen LogP) is 0.878. The number of carboxylic acid groups (broad SMARTS) is 1. The Labute approximate surface area is 172 Å². The number of oxime groups is 1. The van der Waals surface area contributed by atoms with Crippen molar-refractivity contribution in [3.8, 4) is 0 Å². The summed E-state index contributed by atoms with van der Waals surface area (Å²) < 4.78 is 0.156. The summed E-state index contributed by atoms with van der Waals surface area (Å²) in [5.41, 5.74) is 5.40. The maximum absolute atomic E-state index is 12.7. The van der Waals surface area contributed by atoms with Crippen molar-refractivity contribution in [2.24, 2.45) is 5.16 Å². The van der Waals surface area contributed by atoms with E-state index in [2.05, 4.69) is 15.5 Å². The molecule has 150 valence electrons. The van der Waals surface area contributed by atoms with Crippen LogP contribution in [0.2, 0.25) is 4.34 Å². The van der Waals surface area contributed by atoms with Crippen molar-refractivity contribution in [2.45, 2.75) is 24.9 Å². The highest BCUT2D eigenvalue weighted by Crippen LogP contribution is 2.40. The summed E-state index contributed by atoms with van der Waals surface area (Å²) in [6.07, 6.45) is 2.81. The number of nitrogens with two attached hydrogens (primary N) is 1. The summed E-state index contributed by atoms with van der Waals surface area (Å²) in [5, 5.41) is 15.8. The first-order valence-electron chi connectivity index (χ1n) is 7.97. The molecule has 1 aromatic rings. The molecule has 0 saturated carbocycles. The number of β-lactam (4-membered cyclic amide) rings is 1. The second-order valence-electron chi connectivity index (χ2n) is 5.84. The van der Waals surface area contributed by atoms with Crippen molar-refractivity contribution in [1.29, 1.82) is 0 Å². The van der Waals surface area contributed by atoms with Gasteiger partial charge in [0.1, 0.15) is 28.9 Å². The maximum atomic E-state index is 12.7. The number of carboxylic acids is 1. The number of hydrogen-bond acceptors (Lipinski definition) is 9. The number of allylic oxidation sites excluding steroid dienone is 1. The van der Waals surface area contributed by atoms with Crippen LogP contribution < -0.4 is 11.1 Å². The van der Waals surface area contributed by atoms with Crippen molar-refractivity contribution in [2.75, 3.05) is 19.1 Å². The number of carbonyl (C=O) groups is 3. The van der Waals surface area contributed by atoms with Gasteiger partial charge in [-0.1, -0.05) is 28.1 Å². The third-order valence-corrected chi connectivity index (χ3v) is 6.33. The van der Waals surface area contributed by atoms with E-state index < -0.39 is 29.9 Å². The van der Waals surface area contributed by atoms with Gasteiger partial charge in [-0.05, 0) is 19.1 Å². The Kier molecular flexibility index (Phi) is 5.82. The van der Waals surface area contributed by atoms with Crippen molar-refractivity contribution in [3.05, 3.63) is 20.6 Å². The van der Waals surface area contributed by atoms with Crippen LogP contribution in [0.3, 0.4) is 0 Å². The van der Waals surface area contributed by atoms with Gasteiger partial charge in [0, 0.05) is 4.91 Å². The molecule has 1 saturated heterocycles. The summed E-state index contributed by atoms with van der Waals surface area (Å²) in [5.74, 6) is -2.38. The van der Waals surface area contributed by atoms with Gasteiger partial charge in [-0.2, -0.15) is 0 Å². The molecule has 4 N–H and O–H groups in total. The van der Waals surface area contributed by atoms with Crippen molar-refractivity contribution in [3.63, 3.8) is 0 Å². The molecule has 2 atom stereocenters. The van der Waals surface area contributed by atoms with E-state index in [9.17, 15) is 19.5 Å². The molecule has 1 fully saturated rings. The number of anilines is 1. The maximum Gasteiger partial charge on any atom is 0.353 e. The molecule has 3 heterocycles. The molecule has 13 heteroatoms. The normalized spacial score (nSPS) is 21.9. The average Bonchev–Trinajstić information content (AvgIpc) is 3.00. The molecule has 0 radical (unpaired) electrons. The van der Waals surface area contributed by atoms with Gasteiger partial charge in [-0.15, -0.1) is 11.8 Å². The minimum atomic E-state index is -1.17. The van der Waals surface area contributed by atoms with Crippen LogP contribution in [-0.4, -0.2) is 63.9 Å². The lowest BCUT2D eigenvalue weighted by atomic mass is 9.86. The molecule has 2 amide bonds. The highest BCUT2D eigenvalue weighted by Gasteiger charge is 2.53. The monoisotopic (exact) mass is 445 g/mol. The van der Waals surface area contributed by atoms with E-state index in [1.54, 1.807) is 6.26 Å². The fourth-order valence-electron chi connectivity index (χ4n) is 3.18. The second-order valence-corrected chi connectivity index (χ2v) is 8.38. The minimum Gasteiger partial charge on any atom is -0.477 e. The topological polar surface area (TPSA) is 147 Å². The number of aromatic nitrogens is 1. The van der Waals surface area contributed by atoms with Gasteiger partial charge in [0.05, 0.1) is 6.04 Å². The minimum absolute atomic E-state index is 0.0275. The van der Waals surface area contributed by atoms with Gasteiger partial charge in [0.2, 0.25) is 0 Å². The van der Waals surface area contributed by atoms with Crippen LogP contribution in [0.4, 0.5) is 5.13 Å². The molecular formula is C15H16ClN5O5S2. The third-order valence-electron chi connectivity index (χ3n) is 4.35. The number of thiazole rings is 1. The number of amides is 2. The molecule has 0 aromatic carbocycles. The predicted molar refractivity (Wildman–Crippen MR) is 105 cm³/mol. The zero-order chi connectivity index (χ0) is 20.6. The molecule has 1 unspecified atom stereocenters. The van der Waals surface area contributed by atoms with Gasteiger partial charge in [-0.3, -0.25) is 14.5 Å². The Bertz CT molecular complexity index is 915. The standard InChI is InChI=1S/C15H16ClN5O5S2/c1-26-20-9(8-11(16)28-15(17)19-8)12(22)18-7-5-3-4-6(27-2)10(14(24)25)21(5)13(7)23/h5,7H,3-4H2,1-2H3,(H2,17,19)(H,18,22)(H,24,25)/b20-9-/t5?,7-/m0/s1. The molecule has 3 rings (SSSR count). The first-order chi connectivity index (χ1) is 13.3. The lowest BCUT2D eigenvalue weighted by Gasteiger charge is -2.50. The highest BCUT2D eigenvalue weighted by atomic mass is 35.5. The van der Waals surface area contributed by atoms with Gasteiger partial charge < -0.3 is 21.0 Å². The smallest absolute Gasteiger partial charge is 0.353 e. The number of nitrogens with zero attached hydrogens (tertiary/aromatic N) is 3. The second kappa shape index (κ2) is 7.97. The van der Waals surface area contributed by atoms with E-state index in [4.69, 9.17) is 22.2 Å². The Balaban J connectivity index is 1.81. The van der Waals surface area contributed by atoms with Crippen LogP contribution in [0, 0.1) is 0 Å². The Morgan fingerprint density at radius 3 is 2.79 bits per heavy atom. The number of fused-ring (bicyclic) bond motifs is 1. The first-order valence-corrected chi connectivity index (χ1v) is 10.4. The summed E-state index contributed by atoms with van der Waals surface area (Å²) in [6, 6.07) is -1.32. The fourth-order valence-corrected chi connectivity index (χ4v) is 4.81. The number of halogens is 1. The zero-order valence-corrected chi connectivity index (χ0v) is 17.2. The summed E-state index contributed by atoms with van der Waals surface area (Å²) in [7, 11) is 1.25. The van der Waals surface area contributed by atoms with Crippen LogP contribution in [0.5, 0.6) is 0 Å². The van der Waals surface area contributed by atoms with E-state index in [0.29, 0.717) is 17.7 Å². The van der Waals surface area contributed by atoms with E-state index >= 15 is 0 Å². The van der Waals surface area contributed by atoms with Crippen molar-refractivity contribution >= 4 is 63.3 Å². The number of aliphatic carboxylic acids is 1. The van der Waals surface area contributed by atoms with Gasteiger partial charge in [-0.25, -0.2) is 9.78 Å². The molecule has 2 aliphatic rings. The van der Waals surface area contributed by atoms with Crippen LogP contribution in [-0.2, 0) is 19.2 Å². The molecule has 1 aromatic heterocycles. The van der Waals surface area contributed by atoms with Crippen LogP contribution in [0.15, 0.2) is 15.8 Å². The number of nitrogens with one attached hydrogen (secondary N) is 1. The van der Waals surface area contributed by atoms with Crippen molar-refractivity contribution in [1.82, 2.24) is 15.2 Å². The molecule has 28 heavy (non-hydrogen) atoms. The number of nitrogen functional groups attached to an aromatic ring is 1. The van der Waals surface area contributed by atoms with Crippen LogP contribution >= 0.6 is 34.7 Å². The molecule has 0 bridgehead atoms. The Hall–Kier alpha value is -2.31. The summed E-state index contributed by atoms with van der Waals surface area (Å²) in [4.78, 5) is 47.4. The Morgan fingerprint density at radius 2 is 2.25 bits per heavy atom. The van der Waals surface area contributed by atoms with Gasteiger partial charge in [0.15, 0.2) is 10.8 Å². The number of hydrogen-bond donors (Lipinski definition) is 3. The Morgan fingerprint density at radius 1 is 1.54 bits per heavy atom. The first kappa shape index (κ1) is 20.4.